The summed E-state index contributed by atoms with van der Waals surface area (Å²) in [5.74, 6) is 1.36. The highest BCUT2D eigenvalue weighted by molar-refractivity contribution is 7.89. The standard InChI is InChI=1S/C22H18N2O3S/c1-23-28(25,26)20-13-7-17(8-14-20)22-15-12-19(27-22)11-10-18-9-6-16-4-2-3-5-21(16)24-18/h2-15,23H,1H3/b11-10+. The Morgan fingerprint density at radius 3 is 2.46 bits per heavy atom. The van der Waals surface area contributed by atoms with Gasteiger partial charge < -0.3 is 4.42 Å². The highest BCUT2D eigenvalue weighted by atomic mass is 32.2. The molecule has 2 aromatic heterocycles. The van der Waals surface area contributed by atoms with Gasteiger partial charge in [0.2, 0.25) is 10.0 Å². The van der Waals surface area contributed by atoms with Crippen LogP contribution in [0.25, 0.3) is 34.4 Å². The Morgan fingerprint density at radius 1 is 0.893 bits per heavy atom. The van der Waals surface area contributed by atoms with Gasteiger partial charge in [-0.25, -0.2) is 18.1 Å². The van der Waals surface area contributed by atoms with Crippen LogP contribution in [0.3, 0.4) is 0 Å². The SMILES string of the molecule is CNS(=O)(=O)c1ccc(-c2ccc(/C=C/c3ccc4ccccc4n3)o2)cc1. The lowest BCUT2D eigenvalue weighted by Crippen LogP contribution is -2.18. The third kappa shape index (κ3) is 3.74. The number of fused-ring (bicyclic) bond motifs is 1. The zero-order valence-corrected chi connectivity index (χ0v) is 16.0. The molecular formula is C22H18N2O3S. The quantitative estimate of drug-likeness (QED) is 0.542. The number of sulfonamides is 1. The molecule has 1 N–H and O–H groups in total. The molecule has 0 atom stereocenters. The van der Waals surface area contributed by atoms with Gasteiger partial charge in [0, 0.05) is 10.9 Å². The lowest BCUT2D eigenvalue weighted by atomic mass is 10.2. The molecule has 28 heavy (non-hydrogen) atoms. The normalized spacial score (nSPS) is 12.0. The molecule has 2 heterocycles. The van der Waals surface area contributed by atoms with Crippen LogP contribution in [0.15, 0.2) is 82.1 Å². The van der Waals surface area contributed by atoms with E-state index in [9.17, 15) is 8.42 Å². The molecule has 0 fully saturated rings. The first kappa shape index (κ1) is 18.2. The summed E-state index contributed by atoms with van der Waals surface area (Å²) < 4.78 is 31.8. The number of rotatable bonds is 5. The van der Waals surface area contributed by atoms with E-state index in [2.05, 4.69) is 9.71 Å². The summed E-state index contributed by atoms with van der Waals surface area (Å²) in [6.45, 7) is 0. The number of nitrogens with zero attached hydrogens (tertiary/aromatic N) is 1. The lowest BCUT2D eigenvalue weighted by molar-refractivity contribution is 0.571. The van der Waals surface area contributed by atoms with Crippen molar-refractivity contribution in [3.8, 4) is 11.3 Å². The maximum atomic E-state index is 11.8. The molecule has 0 radical (unpaired) electrons. The van der Waals surface area contributed by atoms with E-state index in [0.29, 0.717) is 11.5 Å². The Balaban J connectivity index is 1.54. The highest BCUT2D eigenvalue weighted by Crippen LogP contribution is 2.24. The van der Waals surface area contributed by atoms with Gasteiger partial charge >= 0.3 is 0 Å². The van der Waals surface area contributed by atoms with Crippen molar-refractivity contribution in [1.29, 1.82) is 0 Å². The molecule has 5 nitrogen and oxygen atoms in total. The zero-order chi connectivity index (χ0) is 19.6. The molecule has 6 heteroatoms. The van der Waals surface area contributed by atoms with E-state index in [1.165, 1.54) is 7.05 Å². The van der Waals surface area contributed by atoms with Gasteiger partial charge in [0.1, 0.15) is 11.5 Å². The molecule has 0 amide bonds. The summed E-state index contributed by atoms with van der Waals surface area (Å²) in [6.07, 6.45) is 3.76. The van der Waals surface area contributed by atoms with Crippen LogP contribution in [0.2, 0.25) is 0 Å². The first-order valence-corrected chi connectivity index (χ1v) is 10.2. The van der Waals surface area contributed by atoms with Crippen molar-refractivity contribution in [2.45, 2.75) is 4.90 Å². The monoisotopic (exact) mass is 390 g/mol. The summed E-state index contributed by atoms with van der Waals surface area (Å²) in [6, 6.07) is 22.2. The lowest BCUT2D eigenvalue weighted by Gasteiger charge is -2.03. The number of aromatic nitrogens is 1. The van der Waals surface area contributed by atoms with Crippen LogP contribution in [0.4, 0.5) is 0 Å². The molecule has 140 valence electrons. The Hall–Kier alpha value is -3.22. The van der Waals surface area contributed by atoms with Crippen molar-refractivity contribution in [2.24, 2.45) is 0 Å². The van der Waals surface area contributed by atoms with E-state index in [-0.39, 0.29) is 4.90 Å². The average Bonchev–Trinajstić information content (AvgIpc) is 3.21. The van der Waals surface area contributed by atoms with Gasteiger partial charge in [-0.2, -0.15) is 0 Å². The van der Waals surface area contributed by atoms with Gasteiger partial charge in [-0.1, -0.05) is 24.3 Å². The average molecular weight is 390 g/mol. The van der Waals surface area contributed by atoms with Crippen LogP contribution < -0.4 is 4.72 Å². The molecule has 0 unspecified atom stereocenters. The smallest absolute Gasteiger partial charge is 0.240 e. The fourth-order valence-corrected chi connectivity index (χ4v) is 3.59. The van der Waals surface area contributed by atoms with Crippen molar-refractivity contribution in [3.05, 3.63) is 84.3 Å². The van der Waals surface area contributed by atoms with Crippen molar-refractivity contribution in [3.63, 3.8) is 0 Å². The number of hydrogen-bond acceptors (Lipinski definition) is 4. The number of para-hydroxylation sites is 1. The van der Waals surface area contributed by atoms with Crippen LogP contribution in [0, 0.1) is 0 Å². The summed E-state index contributed by atoms with van der Waals surface area (Å²) in [5, 5.41) is 1.10. The molecule has 0 spiro atoms. The Bertz CT molecular complexity index is 1260. The molecule has 0 aliphatic rings. The fourth-order valence-electron chi connectivity index (χ4n) is 2.86. The van der Waals surface area contributed by atoms with Gasteiger partial charge in [0.05, 0.1) is 16.1 Å². The van der Waals surface area contributed by atoms with Gasteiger partial charge in [0.15, 0.2) is 0 Å². The van der Waals surface area contributed by atoms with E-state index >= 15 is 0 Å². The van der Waals surface area contributed by atoms with Crippen LogP contribution >= 0.6 is 0 Å². The van der Waals surface area contributed by atoms with E-state index < -0.39 is 10.0 Å². The van der Waals surface area contributed by atoms with Crippen molar-refractivity contribution in [2.75, 3.05) is 7.05 Å². The topological polar surface area (TPSA) is 72.2 Å². The van der Waals surface area contributed by atoms with E-state index in [0.717, 1.165) is 22.2 Å². The summed E-state index contributed by atoms with van der Waals surface area (Å²) in [4.78, 5) is 4.82. The Labute approximate surface area is 163 Å². The summed E-state index contributed by atoms with van der Waals surface area (Å²) in [5.41, 5.74) is 2.60. The molecule has 0 aliphatic heterocycles. The van der Waals surface area contributed by atoms with Crippen LogP contribution in [0.1, 0.15) is 11.5 Å². The first-order valence-electron chi connectivity index (χ1n) is 8.73. The van der Waals surface area contributed by atoms with Crippen molar-refractivity contribution in [1.82, 2.24) is 9.71 Å². The third-order valence-corrected chi connectivity index (χ3v) is 5.81. The molecule has 2 aromatic carbocycles. The second-order valence-electron chi connectivity index (χ2n) is 6.20. The minimum absolute atomic E-state index is 0.216. The highest BCUT2D eigenvalue weighted by Gasteiger charge is 2.11. The predicted octanol–water partition coefficient (Wildman–Crippen LogP) is 4.57. The Morgan fingerprint density at radius 2 is 1.68 bits per heavy atom. The zero-order valence-electron chi connectivity index (χ0n) is 15.2. The fraction of sp³-hybridized carbons (Fsp3) is 0.0455. The first-order chi connectivity index (χ1) is 13.5. The largest absolute Gasteiger partial charge is 0.457 e. The molecule has 4 aromatic rings. The third-order valence-electron chi connectivity index (χ3n) is 4.38. The molecule has 0 bridgehead atoms. The summed E-state index contributed by atoms with van der Waals surface area (Å²) in [7, 11) is -2.06. The summed E-state index contributed by atoms with van der Waals surface area (Å²) >= 11 is 0. The minimum atomic E-state index is -3.45. The van der Waals surface area contributed by atoms with E-state index in [1.54, 1.807) is 24.3 Å². The molecule has 0 saturated heterocycles. The molecule has 4 rings (SSSR count). The maximum Gasteiger partial charge on any atom is 0.240 e. The van der Waals surface area contributed by atoms with Crippen molar-refractivity contribution < 1.29 is 12.8 Å². The molecule has 0 saturated carbocycles. The maximum absolute atomic E-state index is 11.8. The van der Waals surface area contributed by atoms with Crippen LogP contribution in [0.5, 0.6) is 0 Å². The van der Waals surface area contributed by atoms with Crippen LogP contribution in [-0.2, 0) is 10.0 Å². The second kappa shape index (κ2) is 7.42. The van der Waals surface area contributed by atoms with E-state index in [1.807, 2.05) is 60.7 Å². The number of pyridine rings is 1. The van der Waals surface area contributed by atoms with E-state index in [4.69, 9.17) is 4.42 Å². The van der Waals surface area contributed by atoms with Gasteiger partial charge in [-0.05, 0) is 67.7 Å². The number of nitrogens with one attached hydrogen (secondary N) is 1. The van der Waals surface area contributed by atoms with Gasteiger partial charge in [-0.15, -0.1) is 0 Å². The minimum Gasteiger partial charge on any atom is -0.457 e. The van der Waals surface area contributed by atoms with Crippen LogP contribution in [-0.4, -0.2) is 20.4 Å². The molecule has 0 aliphatic carbocycles. The Kier molecular flexibility index (Phi) is 4.81. The van der Waals surface area contributed by atoms with Gasteiger partial charge in [-0.3, -0.25) is 0 Å². The number of benzene rings is 2. The number of furan rings is 1. The molecular weight excluding hydrogens is 372 g/mol. The predicted molar refractivity (Wildman–Crippen MR) is 111 cm³/mol. The number of hydrogen-bond donors (Lipinski definition) is 1. The van der Waals surface area contributed by atoms with Crippen molar-refractivity contribution >= 4 is 33.1 Å². The van der Waals surface area contributed by atoms with Gasteiger partial charge in [0.25, 0.3) is 0 Å². The second-order valence-corrected chi connectivity index (χ2v) is 8.08.